The number of carbonyl (C=O) groups is 2. The van der Waals surface area contributed by atoms with Crippen LogP contribution in [0.4, 0.5) is 0 Å². The van der Waals surface area contributed by atoms with Gasteiger partial charge >= 0.3 is 5.97 Å². The first-order chi connectivity index (χ1) is 10.4. The lowest BCUT2D eigenvalue weighted by Crippen LogP contribution is -1.97. The molecule has 0 aromatic heterocycles. The predicted molar refractivity (Wildman–Crippen MR) is 88.2 cm³/mol. The molecule has 0 saturated carbocycles. The van der Waals surface area contributed by atoms with E-state index in [0.717, 1.165) is 0 Å². The van der Waals surface area contributed by atoms with Crippen LogP contribution in [0.15, 0.2) is 42.5 Å². The molecule has 0 aliphatic rings. The SMILES string of the molecule is O=C(O)c1ccc(/C=C/C(=O)c2ccc(Cl)c(Cl)c2Cl)cc1. The number of hydrogen-bond donors (Lipinski definition) is 1. The van der Waals surface area contributed by atoms with Crippen LogP contribution in [0.3, 0.4) is 0 Å². The van der Waals surface area contributed by atoms with E-state index in [0.29, 0.717) is 5.56 Å². The van der Waals surface area contributed by atoms with Crippen molar-refractivity contribution in [1.29, 1.82) is 0 Å². The highest BCUT2D eigenvalue weighted by molar-refractivity contribution is 6.49. The normalized spacial score (nSPS) is 10.9. The van der Waals surface area contributed by atoms with Gasteiger partial charge in [-0.25, -0.2) is 4.79 Å². The molecule has 0 amide bonds. The lowest BCUT2D eigenvalue weighted by Gasteiger charge is -2.03. The third-order valence-electron chi connectivity index (χ3n) is 2.89. The number of ketones is 1. The molecule has 0 heterocycles. The Bertz CT molecular complexity index is 765. The molecule has 0 unspecified atom stereocenters. The molecule has 2 aromatic carbocycles. The van der Waals surface area contributed by atoms with E-state index < -0.39 is 5.97 Å². The summed E-state index contributed by atoms with van der Waals surface area (Å²) < 4.78 is 0. The maximum Gasteiger partial charge on any atom is 0.335 e. The maximum atomic E-state index is 12.1. The molecule has 1 N–H and O–H groups in total. The second kappa shape index (κ2) is 6.97. The van der Waals surface area contributed by atoms with Crippen LogP contribution in [0.1, 0.15) is 26.3 Å². The molecule has 0 fully saturated rings. The van der Waals surface area contributed by atoms with Gasteiger partial charge in [0.15, 0.2) is 5.78 Å². The Balaban J connectivity index is 2.21. The topological polar surface area (TPSA) is 54.4 Å². The second-order valence-corrected chi connectivity index (χ2v) is 5.51. The third kappa shape index (κ3) is 3.69. The molecular formula is C16H9Cl3O3. The van der Waals surface area contributed by atoms with Crippen molar-refractivity contribution in [1.82, 2.24) is 0 Å². The zero-order valence-corrected chi connectivity index (χ0v) is 13.3. The second-order valence-electron chi connectivity index (χ2n) is 4.35. The number of rotatable bonds is 4. The van der Waals surface area contributed by atoms with Crippen molar-refractivity contribution in [2.24, 2.45) is 0 Å². The lowest BCUT2D eigenvalue weighted by molar-refractivity contribution is 0.0696. The molecule has 0 spiro atoms. The monoisotopic (exact) mass is 354 g/mol. The summed E-state index contributed by atoms with van der Waals surface area (Å²) in [6, 6.07) is 9.11. The zero-order chi connectivity index (χ0) is 16.3. The minimum atomic E-state index is -1.01. The van der Waals surface area contributed by atoms with Crippen molar-refractivity contribution in [3.05, 3.63) is 74.2 Å². The number of hydrogen-bond acceptors (Lipinski definition) is 2. The van der Waals surface area contributed by atoms with E-state index in [1.807, 2.05) is 0 Å². The molecule has 22 heavy (non-hydrogen) atoms. The molecule has 112 valence electrons. The van der Waals surface area contributed by atoms with Gasteiger partial charge in [-0.1, -0.05) is 53.0 Å². The Labute approximate surface area is 141 Å². The van der Waals surface area contributed by atoms with Crippen molar-refractivity contribution >= 4 is 52.6 Å². The van der Waals surface area contributed by atoms with Gasteiger partial charge < -0.3 is 5.11 Å². The quantitative estimate of drug-likeness (QED) is 0.463. The Hall–Kier alpha value is -1.81. The van der Waals surface area contributed by atoms with Gasteiger partial charge in [0, 0.05) is 5.56 Å². The third-order valence-corrected chi connectivity index (χ3v) is 4.18. The fourth-order valence-corrected chi connectivity index (χ4v) is 2.34. The van der Waals surface area contributed by atoms with E-state index in [9.17, 15) is 9.59 Å². The fraction of sp³-hybridized carbons (Fsp3) is 0. The van der Waals surface area contributed by atoms with Crippen molar-refractivity contribution in [3.63, 3.8) is 0 Å². The first kappa shape index (κ1) is 16.6. The number of benzene rings is 2. The number of carboxylic acid groups (broad SMARTS) is 1. The lowest BCUT2D eigenvalue weighted by atomic mass is 10.1. The van der Waals surface area contributed by atoms with E-state index in [1.165, 1.54) is 30.3 Å². The van der Waals surface area contributed by atoms with Crippen molar-refractivity contribution in [3.8, 4) is 0 Å². The van der Waals surface area contributed by atoms with Crippen LogP contribution in [0.2, 0.25) is 15.1 Å². The van der Waals surface area contributed by atoms with Crippen LogP contribution in [0.25, 0.3) is 6.08 Å². The van der Waals surface area contributed by atoms with Crippen molar-refractivity contribution in [2.75, 3.05) is 0 Å². The molecule has 0 bridgehead atoms. The van der Waals surface area contributed by atoms with Crippen LogP contribution in [0.5, 0.6) is 0 Å². The molecule has 2 aromatic rings. The Morgan fingerprint density at radius 3 is 2.14 bits per heavy atom. The standard InChI is InChI=1S/C16H9Cl3O3/c17-12-7-6-11(14(18)15(12)19)13(20)8-3-9-1-4-10(5-2-9)16(21)22/h1-8H,(H,21,22)/b8-3+. The van der Waals surface area contributed by atoms with Gasteiger partial charge in [0.05, 0.1) is 20.6 Å². The maximum absolute atomic E-state index is 12.1. The van der Waals surface area contributed by atoms with Crippen LogP contribution in [-0.4, -0.2) is 16.9 Å². The van der Waals surface area contributed by atoms with Crippen molar-refractivity contribution < 1.29 is 14.7 Å². The van der Waals surface area contributed by atoms with Gasteiger partial charge in [-0.2, -0.15) is 0 Å². The summed E-state index contributed by atoms with van der Waals surface area (Å²) in [5.74, 6) is -1.33. The largest absolute Gasteiger partial charge is 0.478 e. The Morgan fingerprint density at radius 1 is 0.909 bits per heavy atom. The van der Waals surface area contributed by atoms with Gasteiger partial charge in [-0.05, 0) is 35.9 Å². The summed E-state index contributed by atoms with van der Waals surface area (Å²) in [4.78, 5) is 22.9. The molecule has 0 aliphatic carbocycles. The van der Waals surface area contributed by atoms with E-state index in [-0.39, 0.29) is 32.0 Å². The average Bonchev–Trinajstić information content (AvgIpc) is 2.51. The van der Waals surface area contributed by atoms with Crippen LogP contribution in [0, 0.1) is 0 Å². The molecule has 2 rings (SSSR count). The van der Waals surface area contributed by atoms with E-state index >= 15 is 0 Å². The van der Waals surface area contributed by atoms with Gasteiger partial charge in [-0.15, -0.1) is 0 Å². The highest BCUT2D eigenvalue weighted by Crippen LogP contribution is 2.33. The van der Waals surface area contributed by atoms with E-state index in [1.54, 1.807) is 18.2 Å². The summed E-state index contributed by atoms with van der Waals surface area (Å²) in [7, 11) is 0. The summed E-state index contributed by atoms with van der Waals surface area (Å²) in [5, 5.41) is 9.32. The van der Waals surface area contributed by atoms with Gasteiger partial charge in [-0.3, -0.25) is 4.79 Å². The molecule has 3 nitrogen and oxygen atoms in total. The number of allylic oxidation sites excluding steroid dienone is 1. The number of aromatic carboxylic acids is 1. The molecular weight excluding hydrogens is 347 g/mol. The highest BCUT2D eigenvalue weighted by Gasteiger charge is 2.13. The molecule has 6 heteroatoms. The van der Waals surface area contributed by atoms with Crippen molar-refractivity contribution in [2.45, 2.75) is 0 Å². The van der Waals surface area contributed by atoms with Gasteiger partial charge in [0.2, 0.25) is 0 Å². The average molecular weight is 356 g/mol. The summed E-state index contributed by atoms with van der Waals surface area (Å²) in [6.07, 6.45) is 2.90. The van der Waals surface area contributed by atoms with Crippen LogP contribution in [-0.2, 0) is 0 Å². The Morgan fingerprint density at radius 2 is 1.55 bits per heavy atom. The summed E-state index contributed by atoms with van der Waals surface area (Å²) >= 11 is 17.7. The molecule has 0 atom stereocenters. The van der Waals surface area contributed by atoms with Crippen LogP contribution < -0.4 is 0 Å². The minimum Gasteiger partial charge on any atom is -0.478 e. The van der Waals surface area contributed by atoms with Crippen LogP contribution >= 0.6 is 34.8 Å². The molecule has 0 radical (unpaired) electrons. The Kier molecular flexibility index (Phi) is 5.24. The number of carboxylic acids is 1. The predicted octanol–water partition coefficient (Wildman–Crippen LogP) is 5.24. The zero-order valence-electron chi connectivity index (χ0n) is 11.0. The fourth-order valence-electron chi connectivity index (χ4n) is 1.71. The summed E-state index contributed by atoms with van der Waals surface area (Å²) in [6.45, 7) is 0. The van der Waals surface area contributed by atoms with Gasteiger partial charge in [0.25, 0.3) is 0 Å². The van der Waals surface area contributed by atoms with E-state index in [4.69, 9.17) is 39.9 Å². The molecule has 0 saturated heterocycles. The van der Waals surface area contributed by atoms with Gasteiger partial charge in [0.1, 0.15) is 0 Å². The highest BCUT2D eigenvalue weighted by atomic mass is 35.5. The minimum absolute atomic E-state index is 0.102. The summed E-state index contributed by atoms with van der Waals surface area (Å²) in [5.41, 5.74) is 1.11. The number of halogens is 3. The number of carbonyl (C=O) groups excluding carboxylic acids is 1. The van der Waals surface area contributed by atoms with E-state index in [2.05, 4.69) is 0 Å². The first-order valence-electron chi connectivity index (χ1n) is 6.09. The molecule has 0 aliphatic heterocycles. The smallest absolute Gasteiger partial charge is 0.335 e. The first-order valence-corrected chi connectivity index (χ1v) is 7.23.